The molecule has 2 heterocycles. The number of pyridine rings is 1. The van der Waals surface area contributed by atoms with Crippen molar-refractivity contribution in [1.82, 2.24) is 10.3 Å². The second-order valence-electron chi connectivity index (χ2n) is 8.57. The van der Waals surface area contributed by atoms with Crippen molar-refractivity contribution in [2.75, 3.05) is 10.8 Å². The van der Waals surface area contributed by atoms with Gasteiger partial charge in [0.05, 0.1) is 17.1 Å². The number of benzene rings is 2. The zero-order chi connectivity index (χ0) is 23.2. The van der Waals surface area contributed by atoms with Crippen LogP contribution >= 0.6 is 0 Å². The fraction of sp³-hybridized carbons (Fsp3) is 0.280. The summed E-state index contributed by atoms with van der Waals surface area (Å²) < 4.78 is 34.6. The molecule has 1 aromatic heterocycles. The van der Waals surface area contributed by atoms with Crippen LogP contribution in [0.2, 0.25) is 0 Å². The third-order valence-electron chi connectivity index (χ3n) is 5.99. The number of sulfonamides is 1. The minimum Gasteiger partial charge on any atom is -0.476 e. The molecule has 1 N–H and O–H groups in total. The Morgan fingerprint density at radius 3 is 2.42 bits per heavy atom. The second-order valence-corrected chi connectivity index (χ2v) is 10.4. The molecule has 0 bridgehead atoms. The van der Waals surface area contributed by atoms with Gasteiger partial charge in [-0.3, -0.25) is 14.1 Å². The highest BCUT2D eigenvalue weighted by Gasteiger charge is 2.39. The summed E-state index contributed by atoms with van der Waals surface area (Å²) in [5.41, 5.74) is 4.27. The number of hydrogen-bond acceptors (Lipinski definition) is 5. The first-order chi connectivity index (χ1) is 15.8. The highest BCUT2D eigenvalue weighted by molar-refractivity contribution is 7.92. The molecule has 1 fully saturated rings. The molecule has 2 aliphatic rings. The SMILES string of the molecule is Cc1cncc(C)c1-c1ccc2c(c1)N(S(=O)(=O)c1ccccc1)CC(C(=O)NC1CC1)O2. The zero-order valence-corrected chi connectivity index (χ0v) is 19.3. The highest BCUT2D eigenvalue weighted by atomic mass is 32.2. The van der Waals surface area contributed by atoms with Crippen LogP contribution in [0, 0.1) is 13.8 Å². The molecule has 0 radical (unpaired) electrons. The number of nitrogens with one attached hydrogen (secondary N) is 1. The molecule has 0 saturated heterocycles. The predicted octanol–water partition coefficient (Wildman–Crippen LogP) is 3.60. The van der Waals surface area contributed by atoms with E-state index in [9.17, 15) is 13.2 Å². The average molecular weight is 464 g/mol. The number of rotatable bonds is 5. The van der Waals surface area contributed by atoms with Crippen molar-refractivity contribution < 1.29 is 17.9 Å². The van der Waals surface area contributed by atoms with Crippen molar-refractivity contribution in [1.29, 1.82) is 0 Å². The lowest BCUT2D eigenvalue weighted by Gasteiger charge is -2.35. The maximum absolute atomic E-state index is 13.7. The molecule has 170 valence electrons. The summed E-state index contributed by atoms with van der Waals surface area (Å²) in [4.78, 5) is 17.2. The number of carbonyl (C=O) groups is 1. The Morgan fingerprint density at radius 2 is 1.76 bits per heavy atom. The molecule has 5 rings (SSSR count). The van der Waals surface area contributed by atoms with Gasteiger partial charge in [-0.25, -0.2) is 8.42 Å². The lowest BCUT2D eigenvalue weighted by atomic mass is 9.97. The summed E-state index contributed by atoms with van der Waals surface area (Å²) in [6.45, 7) is 3.85. The van der Waals surface area contributed by atoms with Gasteiger partial charge in [0, 0.05) is 18.4 Å². The van der Waals surface area contributed by atoms with Crippen LogP contribution in [0.3, 0.4) is 0 Å². The van der Waals surface area contributed by atoms with Crippen LogP contribution in [-0.2, 0) is 14.8 Å². The maximum atomic E-state index is 13.7. The Kier molecular flexibility index (Phi) is 5.32. The molecular formula is C25H25N3O4S. The van der Waals surface area contributed by atoms with Crippen LogP contribution in [0.4, 0.5) is 5.69 Å². The lowest BCUT2D eigenvalue weighted by molar-refractivity contribution is -0.127. The minimum atomic E-state index is -3.91. The van der Waals surface area contributed by atoms with Crippen LogP contribution in [0.5, 0.6) is 5.75 Å². The number of nitrogens with zero attached hydrogens (tertiary/aromatic N) is 2. The first-order valence-corrected chi connectivity index (χ1v) is 12.4. The van der Waals surface area contributed by atoms with E-state index in [1.807, 2.05) is 26.0 Å². The Bertz CT molecular complexity index is 1300. The molecule has 8 heteroatoms. The Balaban J connectivity index is 1.61. The van der Waals surface area contributed by atoms with Crippen molar-refractivity contribution >= 4 is 21.6 Å². The van der Waals surface area contributed by atoms with Crippen LogP contribution in [-0.4, -0.2) is 38.0 Å². The number of ether oxygens (including phenoxy) is 1. The molecule has 1 aliphatic heterocycles. The number of amides is 1. The molecule has 1 saturated carbocycles. The molecule has 0 spiro atoms. The van der Waals surface area contributed by atoms with E-state index < -0.39 is 16.1 Å². The van der Waals surface area contributed by atoms with Crippen LogP contribution < -0.4 is 14.4 Å². The first-order valence-electron chi connectivity index (χ1n) is 10.9. The zero-order valence-electron chi connectivity index (χ0n) is 18.5. The fourth-order valence-corrected chi connectivity index (χ4v) is 5.66. The van der Waals surface area contributed by atoms with Crippen molar-refractivity contribution in [3.05, 3.63) is 72.1 Å². The quantitative estimate of drug-likeness (QED) is 0.625. The number of anilines is 1. The summed E-state index contributed by atoms with van der Waals surface area (Å²) >= 11 is 0. The molecule has 1 amide bonds. The van der Waals surface area contributed by atoms with E-state index in [0.29, 0.717) is 11.4 Å². The summed E-state index contributed by atoms with van der Waals surface area (Å²) in [5.74, 6) is 0.0751. The van der Waals surface area contributed by atoms with Gasteiger partial charge >= 0.3 is 0 Å². The Morgan fingerprint density at radius 1 is 1.06 bits per heavy atom. The van der Waals surface area contributed by atoms with Gasteiger partial charge in [-0.05, 0) is 73.2 Å². The number of aromatic nitrogens is 1. The van der Waals surface area contributed by atoms with Crippen molar-refractivity contribution in [3.8, 4) is 16.9 Å². The number of hydrogen-bond donors (Lipinski definition) is 1. The van der Waals surface area contributed by atoms with Gasteiger partial charge < -0.3 is 10.1 Å². The van der Waals surface area contributed by atoms with Crippen LogP contribution in [0.25, 0.3) is 11.1 Å². The number of fused-ring (bicyclic) bond motifs is 1. The van der Waals surface area contributed by atoms with Gasteiger partial charge in [-0.1, -0.05) is 24.3 Å². The molecule has 7 nitrogen and oxygen atoms in total. The predicted molar refractivity (Wildman–Crippen MR) is 126 cm³/mol. The monoisotopic (exact) mass is 463 g/mol. The van der Waals surface area contributed by atoms with Crippen molar-refractivity contribution in [3.63, 3.8) is 0 Å². The third-order valence-corrected chi connectivity index (χ3v) is 7.78. The van der Waals surface area contributed by atoms with E-state index in [0.717, 1.165) is 35.1 Å². The van der Waals surface area contributed by atoms with Gasteiger partial charge in [0.15, 0.2) is 6.10 Å². The third kappa shape index (κ3) is 4.06. The van der Waals surface area contributed by atoms with E-state index in [2.05, 4.69) is 10.3 Å². The van der Waals surface area contributed by atoms with E-state index in [4.69, 9.17) is 4.74 Å². The Hall–Kier alpha value is -3.39. The average Bonchev–Trinajstić information content (AvgIpc) is 3.62. The van der Waals surface area contributed by atoms with E-state index in [1.54, 1.807) is 48.8 Å². The molecule has 3 aromatic rings. The lowest BCUT2D eigenvalue weighted by Crippen LogP contribution is -2.51. The number of aryl methyl sites for hydroxylation is 2. The van der Waals surface area contributed by atoms with Gasteiger partial charge in [0.2, 0.25) is 0 Å². The van der Waals surface area contributed by atoms with Crippen LogP contribution in [0.1, 0.15) is 24.0 Å². The number of carbonyl (C=O) groups excluding carboxylic acids is 1. The van der Waals surface area contributed by atoms with E-state index in [1.165, 1.54) is 4.31 Å². The molecule has 1 atom stereocenters. The topological polar surface area (TPSA) is 88.6 Å². The fourth-order valence-electron chi connectivity index (χ4n) is 4.17. The van der Waals surface area contributed by atoms with Gasteiger partial charge in [-0.15, -0.1) is 0 Å². The van der Waals surface area contributed by atoms with Gasteiger partial charge in [0.25, 0.3) is 15.9 Å². The first kappa shape index (κ1) is 21.5. The summed E-state index contributed by atoms with van der Waals surface area (Å²) in [6, 6.07) is 13.9. The Labute approximate surface area is 193 Å². The van der Waals surface area contributed by atoms with Gasteiger partial charge in [-0.2, -0.15) is 0 Å². The maximum Gasteiger partial charge on any atom is 0.264 e. The molecular weight excluding hydrogens is 438 g/mol. The van der Waals surface area contributed by atoms with Crippen molar-refractivity contribution in [2.45, 2.75) is 43.7 Å². The largest absolute Gasteiger partial charge is 0.476 e. The molecule has 33 heavy (non-hydrogen) atoms. The molecule has 2 aromatic carbocycles. The summed E-state index contributed by atoms with van der Waals surface area (Å²) in [5, 5.41) is 2.93. The molecule has 1 aliphatic carbocycles. The molecule has 1 unspecified atom stereocenters. The highest BCUT2D eigenvalue weighted by Crippen LogP contribution is 2.41. The van der Waals surface area contributed by atoms with E-state index in [-0.39, 0.29) is 23.4 Å². The summed E-state index contributed by atoms with van der Waals surface area (Å²) in [6.07, 6.45) is 4.53. The minimum absolute atomic E-state index is 0.0967. The second kappa shape index (κ2) is 8.19. The van der Waals surface area contributed by atoms with Gasteiger partial charge in [0.1, 0.15) is 5.75 Å². The smallest absolute Gasteiger partial charge is 0.264 e. The normalized spacial score (nSPS) is 17.8. The standard InChI is InChI=1S/C25H25N3O4S/c1-16-13-26-14-17(2)24(16)18-8-11-22-21(12-18)28(33(30,31)20-6-4-3-5-7-20)15-23(32-22)25(29)27-19-9-10-19/h3-8,11-14,19,23H,9-10,15H2,1-2H3,(H,27,29). The van der Waals surface area contributed by atoms with E-state index >= 15 is 0 Å². The van der Waals surface area contributed by atoms with Crippen LogP contribution in [0.15, 0.2) is 65.8 Å². The summed E-state index contributed by atoms with van der Waals surface area (Å²) in [7, 11) is -3.91. The van der Waals surface area contributed by atoms with Crippen molar-refractivity contribution in [2.24, 2.45) is 0 Å².